The molecule has 1 atom stereocenters. The molecule has 0 radical (unpaired) electrons. The molecular formula is C10H12N2O3. The Balaban J connectivity index is 2.36. The van der Waals surface area contributed by atoms with E-state index in [9.17, 15) is 9.59 Å². The van der Waals surface area contributed by atoms with Gasteiger partial charge in [0.05, 0.1) is 17.5 Å². The molecule has 1 unspecified atom stereocenters. The van der Waals surface area contributed by atoms with Crippen LogP contribution in [0.1, 0.15) is 29.4 Å². The minimum absolute atomic E-state index is 0.0698. The average molecular weight is 208 g/mol. The fraction of sp³-hybridized carbons (Fsp3) is 0.500. The summed E-state index contributed by atoms with van der Waals surface area (Å²) in [6.45, 7) is 1.81. The minimum atomic E-state index is -0.938. The summed E-state index contributed by atoms with van der Waals surface area (Å²) >= 11 is 0. The summed E-state index contributed by atoms with van der Waals surface area (Å²) in [7, 11) is 0. The van der Waals surface area contributed by atoms with Gasteiger partial charge in [-0.2, -0.15) is 5.10 Å². The van der Waals surface area contributed by atoms with Gasteiger partial charge >= 0.3 is 5.97 Å². The Morgan fingerprint density at radius 2 is 2.40 bits per heavy atom. The molecule has 0 bridgehead atoms. The second-order valence-corrected chi connectivity index (χ2v) is 3.99. The Hall–Kier alpha value is -1.65. The van der Waals surface area contributed by atoms with E-state index in [1.54, 1.807) is 0 Å². The summed E-state index contributed by atoms with van der Waals surface area (Å²) in [5, 5.41) is 12.6. The molecule has 5 nitrogen and oxygen atoms in total. The fourth-order valence-corrected chi connectivity index (χ4v) is 1.95. The SMILES string of the molecule is CC1CC(=O)c2cnn(CC(=O)O)c2C1. The number of hydrogen-bond acceptors (Lipinski definition) is 3. The number of hydrogen-bond donors (Lipinski definition) is 1. The topological polar surface area (TPSA) is 72.2 Å². The largest absolute Gasteiger partial charge is 0.480 e. The highest BCUT2D eigenvalue weighted by atomic mass is 16.4. The van der Waals surface area contributed by atoms with Crippen LogP contribution in [0.4, 0.5) is 0 Å². The van der Waals surface area contributed by atoms with Gasteiger partial charge in [-0.15, -0.1) is 0 Å². The zero-order valence-corrected chi connectivity index (χ0v) is 8.43. The molecule has 80 valence electrons. The molecule has 0 fully saturated rings. The number of rotatable bonds is 2. The van der Waals surface area contributed by atoms with Gasteiger partial charge in [-0.05, 0) is 12.3 Å². The molecule has 0 saturated heterocycles. The molecule has 1 aliphatic carbocycles. The Kier molecular flexibility index (Phi) is 2.30. The molecule has 1 aromatic heterocycles. The van der Waals surface area contributed by atoms with Gasteiger partial charge in [0.1, 0.15) is 6.54 Å². The molecular weight excluding hydrogens is 196 g/mol. The lowest BCUT2D eigenvalue weighted by Crippen LogP contribution is -2.21. The Bertz CT molecular complexity index is 422. The third kappa shape index (κ3) is 1.77. The summed E-state index contributed by atoms with van der Waals surface area (Å²) in [4.78, 5) is 22.2. The van der Waals surface area contributed by atoms with Gasteiger partial charge < -0.3 is 5.11 Å². The number of Topliss-reactive ketones (excluding diaryl/α,β-unsaturated/α-hetero) is 1. The number of carbonyl (C=O) groups excluding carboxylic acids is 1. The van der Waals surface area contributed by atoms with Crippen molar-refractivity contribution in [3.8, 4) is 0 Å². The maximum absolute atomic E-state index is 11.6. The fourth-order valence-electron chi connectivity index (χ4n) is 1.95. The lowest BCUT2D eigenvalue weighted by Gasteiger charge is -2.18. The Morgan fingerprint density at radius 1 is 1.67 bits per heavy atom. The maximum atomic E-state index is 11.6. The third-order valence-corrected chi connectivity index (χ3v) is 2.61. The number of carbonyl (C=O) groups is 2. The van der Waals surface area contributed by atoms with E-state index >= 15 is 0 Å². The molecule has 1 aromatic rings. The lowest BCUT2D eigenvalue weighted by molar-refractivity contribution is -0.137. The van der Waals surface area contributed by atoms with Crippen LogP contribution in [0.3, 0.4) is 0 Å². The van der Waals surface area contributed by atoms with Crippen molar-refractivity contribution in [3.05, 3.63) is 17.5 Å². The molecule has 0 saturated carbocycles. The quantitative estimate of drug-likeness (QED) is 0.777. The molecule has 1 N–H and O–H groups in total. The van der Waals surface area contributed by atoms with E-state index in [1.807, 2.05) is 6.92 Å². The number of aliphatic carboxylic acids is 1. The van der Waals surface area contributed by atoms with Crippen molar-refractivity contribution in [1.82, 2.24) is 9.78 Å². The smallest absolute Gasteiger partial charge is 0.325 e. The van der Waals surface area contributed by atoms with Gasteiger partial charge in [-0.25, -0.2) is 0 Å². The molecule has 0 aromatic carbocycles. The average Bonchev–Trinajstić information content (AvgIpc) is 2.48. The van der Waals surface area contributed by atoms with Gasteiger partial charge in [0, 0.05) is 6.42 Å². The van der Waals surface area contributed by atoms with Gasteiger partial charge in [0.2, 0.25) is 0 Å². The van der Waals surface area contributed by atoms with Gasteiger partial charge in [0.25, 0.3) is 0 Å². The van der Waals surface area contributed by atoms with Gasteiger partial charge in [0.15, 0.2) is 5.78 Å². The zero-order valence-electron chi connectivity index (χ0n) is 8.43. The maximum Gasteiger partial charge on any atom is 0.325 e. The van der Waals surface area contributed by atoms with E-state index in [0.29, 0.717) is 12.0 Å². The highest BCUT2D eigenvalue weighted by molar-refractivity contribution is 5.98. The van der Waals surface area contributed by atoms with E-state index in [1.165, 1.54) is 10.9 Å². The van der Waals surface area contributed by atoms with E-state index in [0.717, 1.165) is 12.1 Å². The Morgan fingerprint density at radius 3 is 3.07 bits per heavy atom. The molecule has 2 rings (SSSR count). The summed E-state index contributed by atoms with van der Waals surface area (Å²) in [5.41, 5.74) is 1.36. The van der Waals surface area contributed by atoms with E-state index in [4.69, 9.17) is 5.11 Å². The second kappa shape index (κ2) is 3.49. The molecule has 5 heteroatoms. The van der Waals surface area contributed by atoms with Crippen molar-refractivity contribution < 1.29 is 14.7 Å². The normalized spacial score (nSPS) is 20.1. The van der Waals surface area contributed by atoms with Gasteiger partial charge in [-0.1, -0.05) is 6.92 Å². The number of nitrogens with zero attached hydrogens (tertiary/aromatic N) is 2. The number of aromatic nitrogens is 2. The van der Waals surface area contributed by atoms with Crippen LogP contribution >= 0.6 is 0 Å². The number of fused-ring (bicyclic) bond motifs is 1. The Labute approximate surface area is 86.7 Å². The molecule has 0 spiro atoms. The van der Waals surface area contributed by atoms with E-state index in [-0.39, 0.29) is 18.2 Å². The predicted molar refractivity (Wildman–Crippen MR) is 51.7 cm³/mol. The summed E-state index contributed by atoms with van der Waals surface area (Å²) < 4.78 is 1.41. The van der Waals surface area contributed by atoms with Crippen LogP contribution in [0, 0.1) is 5.92 Å². The van der Waals surface area contributed by atoms with Crippen LogP contribution in [0.15, 0.2) is 6.20 Å². The first-order valence-electron chi connectivity index (χ1n) is 4.87. The monoisotopic (exact) mass is 208 g/mol. The van der Waals surface area contributed by atoms with Crippen LogP contribution in [0.2, 0.25) is 0 Å². The van der Waals surface area contributed by atoms with Gasteiger partial charge in [-0.3, -0.25) is 14.3 Å². The highest BCUT2D eigenvalue weighted by Gasteiger charge is 2.26. The third-order valence-electron chi connectivity index (χ3n) is 2.61. The molecule has 1 heterocycles. The number of carboxylic acid groups (broad SMARTS) is 1. The van der Waals surface area contributed by atoms with Crippen LogP contribution in [-0.4, -0.2) is 26.6 Å². The van der Waals surface area contributed by atoms with Crippen molar-refractivity contribution in [3.63, 3.8) is 0 Å². The number of carboxylic acids is 1. The van der Waals surface area contributed by atoms with Crippen LogP contribution in [0.25, 0.3) is 0 Å². The van der Waals surface area contributed by atoms with Crippen LogP contribution in [-0.2, 0) is 17.8 Å². The lowest BCUT2D eigenvalue weighted by atomic mass is 9.88. The van der Waals surface area contributed by atoms with Crippen molar-refractivity contribution in [2.24, 2.45) is 5.92 Å². The first-order chi connectivity index (χ1) is 7.08. The summed E-state index contributed by atoms with van der Waals surface area (Å²) in [6.07, 6.45) is 2.74. The molecule has 0 aliphatic heterocycles. The summed E-state index contributed by atoms with van der Waals surface area (Å²) in [5.74, 6) is -0.596. The number of ketones is 1. The second-order valence-electron chi connectivity index (χ2n) is 3.99. The van der Waals surface area contributed by atoms with E-state index < -0.39 is 5.97 Å². The molecule has 15 heavy (non-hydrogen) atoms. The van der Waals surface area contributed by atoms with Crippen molar-refractivity contribution in [1.29, 1.82) is 0 Å². The molecule has 1 aliphatic rings. The van der Waals surface area contributed by atoms with Crippen molar-refractivity contribution >= 4 is 11.8 Å². The summed E-state index contributed by atoms with van der Waals surface area (Å²) in [6, 6.07) is 0. The van der Waals surface area contributed by atoms with Crippen LogP contribution < -0.4 is 0 Å². The first kappa shape index (κ1) is 9.89. The predicted octanol–water partition coefficient (Wildman–Crippen LogP) is 0.733. The molecule has 0 amide bonds. The standard InChI is InChI=1S/C10H12N2O3/c1-6-2-8-7(9(13)3-6)4-11-12(8)5-10(14)15/h4,6H,2-3,5H2,1H3,(H,14,15). The van der Waals surface area contributed by atoms with Crippen molar-refractivity contribution in [2.75, 3.05) is 0 Å². The van der Waals surface area contributed by atoms with Crippen LogP contribution in [0.5, 0.6) is 0 Å². The van der Waals surface area contributed by atoms with Crippen molar-refractivity contribution in [2.45, 2.75) is 26.3 Å². The highest BCUT2D eigenvalue weighted by Crippen LogP contribution is 2.24. The zero-order chi connectivity index (χ0) is 11.0. The van der Waals surface area contributed by atoms with E-state index in [2.05, 4.69) is 5.10 Å². The first-order valence-corrected chi connectivity index (χ1v) is 4.87. The minimum Gasteiger partial charge on any atom is -0.480 e.